The number of aliphatic hydroxyl groups excluding tert-OH is 2. The van der Waals surface area contributed by atoms with Gasteiger partial charge >= 0.3 is 40.8 Å². The van der Waals surface area contributed by atoms with Gasteiger partial charge in [0.1, 0.15) is 0 Å². The molecule has 2 aliphatic heterocycles. The van der Waals surface area contributed by atoms with E-state index in [0.29, 0.717) is 18.0 Å². The van der Waals surface area contributed by atoms with Crippen molar-refractivity contribution in [1.29, 1.82) is 0 Å². The van der Waals surface area contributed by atoms with Crippen LogP contribution in [-0.2, 0) is 26.7 Å². The molecule has 0 saturated carbocycles. The van der Waals surface area contributed by atoms with E-state index in [1.54, 1.807) is 13.8 Å². The number of nitrogens with zero attached hydrogens (tertiary/aromatic N) is 6. The van der Waals surface area contributed by atoms with E-state index in [2.05, 4.69) is 31.0 Å². The minimum absolute atomic E-state index is 0. The zero-order valence-corrected chi connectivity index (χ0v) is 18.1. The molecule has 2 heterocycles. The summed E-state index contributed by atoms with van der Waals surface area (Å²) in [5.41, 5.74) is 1.23. The molecule has 2 aliphatic rings. The normalized spacial score (nSPS) is 22.6. The zero-order chi connectivity index (χ0) is 22.5. The van der Waals surface area contributed by atoms with E-state index in [9.17, 15) is 9.59 Å². The van der Waals surface area contributed by atoms with Crippen molar-refractivity contribution in [2.45, 2.75) is 51.6 Å². The van der Waals surface area contributed by atoms with Gasteiger partial charge in [0.05, 0.1) is 0 Å². The van der Waals surface area contributed by atoms with Crippen LogP contribution >= 0.6 is 0 Å². The molecule has 2 atom stereocenters. The molecule has 175 valence electrons. The minimum atomic E-state index is -1.49. The molecule has 1 fully saturated rings. The number of rotatable bonds is 4. The number of aliphatic carboxylic acids is 2. The molecule has 4 N–H and O–H groups in total. The van der Waals surface area contributed by atoms with Gasteiger partial charge in [-0.3, -0.25) is 0 Å². The second kappa shape index (κ2) is 15.2. The van der Waals surface area contributed by atoms with Crippen LogP contribution in [0.4, 0.5) is 0 Å². The third kappa shape index (κ3) is 11.4. The second-order valence-corrected chi connectivity index (χ2v) is 6.45. The Morgan fingerprint density at radius 1 is 0.806 bits per heavy atom. The van der Waals surface area contributed by atoms with Crippen LogP contribution in [0, 0.1) is 0 Å². The van der Waals surface area contributed by atoms with E-state index < -0.39 is 23.7 Å². The number of carbonyl (C=O) groups is 2. The zero-order valence-electron chi connectivity index (χ0n) is 17.1. The van der Waals surface area contributed by atoms with Gasteiger partial charge in [-0.05, 0) is 20.3 Å². The molecule has 13 heteroatoms. The van der Waals surface area contributed by atoms with Gasteiger partial charge in [-0.25, -0.2) is 9.59 Å². The molecule has 1 saturated heterocycles. The summed E-state index contributed by atoms with van der Waals surface area (Å²) in [6, 6.07) is -0.0514. The van der Waals surface area contributed by atoms with Gasteiger partial charge in [-0.15, -0.1) is 29.4 Å². The van der Waals surface area contributed by atoms with Crippen LogP contribution in [0.5, 0.6) is 0 Å². The van der Waals surface area contributed by atoms with Crippen LogP contribution in [0.2, 0.25) is 0 Å². The number of hydrogen-bond donors (Lipinski definition) is 4. The molecule has 1 radical (unpaired) electrons. The van der Waals surface area contributed by atoms with Crippen LogP contribution in [0.3, 0.4) is 0 Å². The molecule has 12 nitrogen and oxygen atoms in total. The van der Waals surface area contributed by atoms with Gasteiger partial charge in [-0.2, -0.15) is 10.2 Å². The molecule has 31 heavy (non-hydrogen) atoms. The largest absolute Gasteiger partial charge is 2.00 e. The van der Waals surface area contributed by atoms with E-state index in [0.717, 1.165) is 32.2 Å². The van der Waals surface area contributed by atoms with Crippen LogP contribution in [0.1, 0.15) is 39.5 Å². The van der Waals surface area contributed by atoms with Crippen molar-refractivity contribution >= 4 is 35.2 Å². The summed E-state index contributed by atoms with van der Waals surface area (Å²) in [5.74, 6) is -4.98. The van der Waals surface area contributed by atoms with Gasteiger partial charge in [0.15, 0.2) is 0 Å². The van der Waals surface area contributed by atoms with E-state index in [1.165, 1.54) is 0 Å². The maximum atomic E-state index is 10.2. The monoisotopic (exact) mass is 485 g/mol. The Labute approximate surface area is 190 Å². The molecular formula is C18H26CuN6O6. The summed E-state index contributed by atoms with van der Waals surface area (Å²) >= 11 is 0. The third-order valence-electron chi connectivity index (χ3n) is 4.14. The first kappa shape index (κ1) is 28.4. The molecular weight excluding hydrogens is 460 g/mol. The van der Waals surface area contributed by atoms with Crippen molar-refractivity contribution in [2.24, 2.45) is 20.4 Å². The summed E-state index contributed by atoms with van der Waals surface area (Å²) in [7, 11) is 0. The second-order valence-electron chi connectivity index (χ2n) is 6.45. The SMILES string of the molecule is CC(=NN=C(O)C(=O)O)C1CC=CC[N-]1.CC(=NN=C(O)C(=O)O)C1CCCC[N-]1.[Cu+2]. The average Bonchev–Trinajstić information content (AvgIpc) is 2.76. The van der Waals surface area contributed by atoms with E-state index in [4.69, 9.17) is 20.4 Å². The predicted octanol–water partition coefficient (Wildman–Crippen LogP) is 2.43. The van der Waals surface area contributed by atoms with Gasteiger partial charge in [0.25, 0.3) is 0 Å². The fourth-order valence-corrected chi connectivity index (χ4v) is 2.47. The summed E-state index contributed by atoms with van der Waals surface area (Å²) in [6.07, 6.45) is 7.76. The van der Waals surface area contributed by atoms with Gasteiger partial charge in [-0.1, -0.05) is 37.4 Å². The Hall–Kier alpha value is -2.60. The summed E-state index contributed by atoms with van der Waals surface area (Å²) in [4.78, 5) is 20.4. The van der Waals surface area contributed by atoms with Crippen molar-refractivity contribution in [3.63, 3.8) is 0 Å². The maximum absolute atomic E-state index is 10.2. The number of piperidine rings is 1. The first-order chi connectivity index (χ1) is 14.2. The van der Waals surface area contributed by atoms with E-state index in [-0.39, 0.29) is 29.2 Å². The smallest absolute Gasteiger partial charge is 0.655 e. The topological polar surface area (TPSA) is 193 Å². The van der Waals surface area contributed by atoms with Crippen molar-refractivity contribution < 1.29 is 47.1 Å². The summed E-state index contributed by atoms with van der Waals surface area (Å²) in [6.45, 7) is 4.88. The molecule has 0 amide bonds. The fraction of sp³-hybridized carbons (Fsp3) is 0.556. The summed E-state index contributed by atoms with van der Waals surface area (Å²) in [5, 5.41) is 56.4. The first-order valence-corrected chi connectivity index (χ1v) is 9.29. The average molecular weight is 486 g/mol. The Bertz CT molecular complexity index is 759. The standard InChI is InChI=1S/C9H14N3O3.C9H12N3O3.Cu/c2*1-6(7-4-2-3-5-10-7)11-12-8(13)9(14)15;/h7H,2-5H2,1H3,(H,12,13)(H,14,15);2-3,7H,4-5H2,1H3,(H,12,13)(H,14,15);/q2*-1;+2. The predicted molar refractivity (Wildman–Crippen MR) is 113 cm³/mol. The Morgan fingerprint density at radius 2 is 1.35 bits per heavy atom. The van der Waals surface area contributed by atoms with Crippen molar-refractivity contribution in [3.8, 4) is 0 Å². The Morgan fingerprint density at radius 3 is 1.77 bits per heavy atom. The summed E-state index contributed by atoms with van der Waals surface area (Å²) < 4.78 is 0. The quantitative estimate of drug-likeness (QED) is 0.155. The molecule has 0 aliphatic carbocycles. The van der Waals surface area contributed by atoms with Crippen LogP contribution in [-0.4, -0.2) is 80.8 Å². The number of carboxylic acids is 2. The third-order valence-corrected chi connectivity index (χ3v) is 4.14. The molecule has 0 bridgehead atoms. The number of carboxylic acid groups (broad SMARTS) is 2. The van der Waals surface area contributed by atoms with E-state index >= 15 is 0 Å². The van der Waals surface area contributed by atoms with E-state index in [1.807, 2.05) is 12.2 Å². The van der Waals surface area contributed by atoms with Crippen molar-refractivity contribution in [1.82, 2.24) is 0 Å². The Kier molecular flexibility index (Phi) is 14.0. The van der Waals surface area contributed by atoms with Gasteiger partial charge in [0, 0.05) is 11.4 Å². The molecule has 0 aromatic rings. The molecule has 0 aromatic heterocycles. The molecule has 0 spiro atoms. The van der Waals surface area contributed by atoms with Crippen LogP contribution < -0.4 is 0 Å². The Balaban J connectivity index is 0.000000562. The number of hydrogen-bond acceptors (Lipinski definition) is 6. The first-order valence-electron chi connectivity index (χ1n) is 9.29. The maximum Gasteiger partial charge on any atom is 2.00 e. The van der Waals surface area contributed by atoms with Crippen molar-refractivity contribution in [2.75, 3.05) is 13.1 Å². The molecule has 2 unspecified atom stereocenters. The minimum Gasteiger partial charge on any atom is -0.655 e. The molecule has 0 aromatic carbocycles. The van der Waals surface area contributed by atoms with Crippen molar-refractivity contribution in [3.05, 3.63) is 22.8 Å². The number of aliphatic hydroxyl groups is 2. The van der Waals surface area contributed by atoms with Crippen LogP contribution in [0.25, 0.3) is 10.6 Å². The fourth-order valence-electron chi connectivity index (χ4n) is 2.47. The van der Waals surface area contributed by atoms with Gasteiger partial charge in [0.2, 0.25) is 0 Å². The van der Waals surface area contributed by atoms with Crippen LogP contribution in [0.15, 0.2) is 32.6 Å². The molecule has 2 rings (SSSR count). The van der Waals surface area contributed by atoms with Gasteiger partial charge < -0.3 is 31.1 Å².